The van der Waals surface area contributed by atoms with Gasteiger partial charge in [0, 0.05) is 12.2 Å². The monoisotopic (exact) mass is 410 g/mol. The number of carboxylic acids is 1. The number of carboxylic acid groups (broad SMARTS) is 1. The molecular weight excluding hydrogens is 384 g/mol. The van der Waals surface area contributed by atoms with Gasteiger partial charge in [0.15, 0.2) is 0 Å². The van der Waals surface area contributed by atoms with Crippen LogP contribution in [-0.2, 0) is 25.6 Å². The second-order valence-corrected chi connectivity index (χ2v) is 6.72. The van der Waals surface area contributed by atoms with Crippen LogP contribution in [0, 0.1) is 0 Å². The Hall–Kier alpha value is -2.59. The molecule has 10 heteroatoms. The first-order valence-electron chi connectivity index (χ1n) is 8.70. The van der Waals surface area contributed by atoms with E-state index in [1.54, 1.807) is 24.3 Å². The Morgan fingerprint density at radius 3 is 2.04 bits per heavy atom. The summed E-state index contributed by atoms with van der Waals surface area (Å²) >= 11 is 3.91. The number of hydrogen-bond donors (Lipinski definition) is 6. The maximum absolute atomic E-state index is 12.6. The Morgan fingerprint density at radius 2 is 1.54 bits per heavy atom. The SMILES string of the molecule is CC(N)C(=O)NC(C)C(=O)NC(Cc1ccccc1)C(=O)NC(CS)C(=O)O. The van der Waals surface area contributed by atoms with Crippen LogP contribution in [-0.4, -0.2) is 58.7 Å². The van der Waals surface area contributed by atoms with Gasteiger partial charge in [-0.3, -0.25) is 14.4 Å². The van der Waals surface area contributed by atoms with E-state index in [2.05, 4.69) is 28.6 Å². The molecule has 0 saturated heterocycles. The van der Waals surface area contributed by atoms with Crippen molar-refractivity contribution in [2.75, 3.05) is 5.75 Å². The van der Waals surface area contributed by atoms with Gasteiger partial charge in [-0.05, 0) is 19.4 Å². The van der Waals surface area contributed by atoms with E-state index in [-0.39, 0.29) is 12.2 Å². The molecule has 0 aromatic heterocycles. The number of thiol groups is 1. The van der Waals surface area contributed by atoms with Crippen molar-refractivity contribution in [3.8, 4) is 0 Å². The number of carbonyl (C=O) groups is 4. The number of hydrogen-bond acceptors (Lipinski definition) is 6. The summed E-state index contributed by atoms with van der Waals surface area (Å²) in [5.74, 6) is -3.10. The zero-order valence-corrected chi connectivity index (χ0v) is 16.6. The third kappa shape index (κ3) is 7.57. The van der Waals surface area contributed by atoms with Gasteiger partial charge in [-0.1, -0.05) is 30.3 Å². The largest absolute Gasteiger partial charge is 0.480 e. The fourth-order valence-electron chi connectivity index (χ4n) is 2.22. The Morgan fingerprint density at radius 1 is 0.964 bits per heavy atom. The van der Waals surface area contributed by atoms with Crippen molar-refractivity contribution in [2.45, 2.75) is 44.4 Å². The predicted octanol–water partition coefficient (Wildman–Crippen LogP) is -0.935. The van der Waals surface area contributed by atoms with Crippen molar-refractivity contribution < 1.29 is 24.3 Å². The van der Waals surface area contributed by atoms with E-state index >= 15 is 0 Å². The van der Waals surface area contributed by atoms with E-state index in [9.17, 15) is 19.2 Å². The Labute approximate surface area is 168 Å². The minimum atomic E-state index is -1.23. The van der Waals surface area contributed by atoms with Crippen LogP contribution in [0.15, 0.2) is 30.3 Å². The zero-order valence-electron chi connectivity index (χ0n) is 15.7. The lowest BCUT2D eigenvalue weighted by Crippen LogP contribution is -2.57. The summed E-state index contributed by atoms with van der Waals surface area (Å²) in [7, 11) is 0. The standard InChI is InChI=1S/C18H26N4O5S/c1-10(19)15(23)20-11(2)16(24)21-13(8-12-6-4-3-5-7-12)17(25)22-14(9-28)18(26)27/h3-7,10-11,13-14,28H,8-9,19H2,1-2H3,(H,20,23)(H,21,24)(H,22,25)(H,26,27). The molecule has 0 heterocycles. The molecular formula is C18H26N4O5S. The molecule has 3 amide bonds. The molecule has 0 bridgehead atoms. The quantitative estimate of drug-likeness (QED) is 0.274. The summed E-state index contributed by atoms with van der Waals surface area (Å²) in [6.45, 7) is 2.94. The van der Waals surface area contributed by atoms with Gasteiger partial charge in [-0.25, -0.2) is 4.79 Å². The molecule has 28 heavy (non-hydrogen) atoms. The predicted molar refractivity (Wildman–Crippen MR) is 107 cm³/mol. The maximum atomic E-state index is 12.6. The average molecular weight is 410 g/mol. The molecule has 0 radical (unpaired) electrons. The molecule has 4 unspecified atom stereocenters. The highest BCUT2D eigenvalue weighted by molar-refractivity contribution is 7.80. The minimum absolute atomic E-state index is 0.103. The topological polar surface area (TPSA) is 151 Å². The highest BCUT2D eigenvalue weighted by Gasteiger charge is 2.28. The summed E-state index contributed by atoms with van der Waals surface area (Å²) in [4.78, 5) is 47.8. The van der Waals surface area contributed by atoms with E-state index in [0.29, 0.717) is 0 Å². The smallest absolute Gasteiger partial charge is 0.327 e. The first kappa shape index (κ1) is 23.4. The van der Waals surface area contributed by atoms with E-state index in [0.717, 1.165) is 5.56 Å². The number of amides is 3. The first-order valence-corrected chi connectivity index (χ1v) is 9.33. The van der Waals surface area contributed by atoms with Crippen molar-refractivity contribution in [3.05, 3.63) is 35.9 Å². The molecule has 1 aromatic rings. The number of carbonyl (C=O) groups excluding carboxylic acids is 3. The first-order chi connectivity index (χ1) is 13.1. The van der Waals surface area contributed by atoms with Crippen molar-refractivity contribution >= 4 is 36.3 Å². The molecule has 0 aliphatic heterocycles. The minimum Gasteiger partial charge on any atom is -0.480 e. The van der Waals surface area contributed by atoms with E-state index in [4.69, 9.17) is 10.8 Å². The second-order valence-electron chi connectivity index (χ2n) is 6.35. The summed E-state index contributed by atoms with van der Waals surface area (Å²) < 4.78 is 0. The lowest BCUT2D eigenvalue weighted by atomic mass is 10.0. The van der Waals surface area contributed by atoms with Gasteiger partial charge >= 0.3 is 5.97 Å². The maximum Gasteiger partial charge on any atom is 0.327 e. The highest BCUT2D eigenvalue weighted by Crippen LogP contribution is 2.05. The van der Waals surface area contributed by atoms with Gasteiger partial charge in [0.25, 0.3) is 0 Å². The molecule has 0 fully saturated rings. The molecule has 1 rings (SSSR count). The Balaban J connectivity index is 2.90. The lowest BCUT2D eigenvalue weighted by Gasteiger charge is -2.23. The molecule has 9 nitrogen and oxygen atoms in total. The van der Waals surface area contributed by atoms with Crippen LogP contribution >= 0.6 is 12.6 Å². The summed E-state index contributed by atoms with van der Waals surface area (Å²) in [5, 5.41) is 16.5. The highest BCUT2D eigenvalue weighted by atomic mass is 32.1. The van der Waals surface area contributed by atoms with Gasteiger partial charge in [-0.15, -0.1) is 0 Å². The Bertz CT molecular complexity index is 698. The molecule has 0 spiro atoms. The third-order valence-corrected chi connectivity index (χ3v) is 4.24. The lowest BCUT2D eigenvalue weighted by molar-refractivity contribution is -0.141. The normalized spacial score (nSPS) is 14.9. The fourth-order valence-corrected chi connectivity index (χ4v) is 2.47. The molecule has 6 N–H and O–H groups in total. The average Bonchev–Trinajstić information content (AvgIpc) is 2.65. The summed E-state index contributed by atoms with van der Waals surface area (Å²) in [6.07, 6.45) is 0.144. The number of nitrogens with two attached hydrogens (primary N) is 1. The van der Waals surface area contributed by atoms with Crippen LogP contribution in [0.4, 0.5) is 0 Å². The van der Waals surface area contributed by atoms with Crippen molar-refractivity contribution in [3.63, 3.8) is 0 Å². The molecule has 154 valence electrons. The second kappa shape index (κ2) is 11.3. The van der Waals surface area contributed by atoms with Crippen LogP contribution in [0.5, 0.6) is 0 Å². The molecule has 0 aliphatic carbocycles. The number of aliphatic carboxylic acids is 1. The van der Waals surface area contributed by atoms with Crippen LogP contribution in [0.3, 0.4) is 0 Å². The van der Waals surface area contributed by atoms with E-state index in [1.165, 1.54) is 13.8 Å². The van der Waals surface area contributed by atoms with Gasteiger partial charge in [0.1, 0.15) is 18.1 Å². The van der Waals surface area contributed by atoms with Crippen LogP contribution in [0.2, 0.25) is 0 Å². The zero-order chi connectivity index (χ0) is 21.3. The van der Waals surface area contributed by atoms with Gasteiger partial charge in [0.2, 0.25) is 17.7 Å². The van der Waals surface area contributed by atoms with Crippen molar-refractivity contribution in [1.29, 1.82) is 0 Å². The van der Waals surface area contributed by atoms with Crippen molar-refractivity contribution in [1.82, 2.24) is 16.0 Å². The molecule has 4 atom stereocenters. The number of rotatable bonds is 10. The van der Waals surface area contributed by atoms with E-state index < -0.39 is 47.9 Å². The van der Waals surface area contributed by atoms with Crippen LogP contribution in [0.1, 0.15) is 19.4 Å². The van der Waals surface area contributed by atoms with E-state index in [1.807, 2.05) is 6.07 Å². The molecule has 0 saturated carbocycles. The summed E-state index contributed by atoms with van der Waals surface area (Å²) in [6, 6.07) is 4.99. The fraction of sp³-hybridized carbons (Fsp3) is 0.444. The number of nitrogens with one attached hydrogen (secondary N) is 3. The molecule has 1 aromatic carbocycles. The molecule has 0 aliphatic rings. The van der Waals surface area contributed by atoms with Gasteiger partial charge in [-0.2, -0.15) is 12.6 Å². The van der Waals surface area contributed by atoms with Crippen LogP contribution < -0.4 is 21.7 Å². The Kier molecular flexibility index (Phi) is 9.46. The van der Waals surface area contributed by atoms with Gasteiger partial charge in [0.05, 0.1) is 6.04 Å². The van der Waals surface area contributed by atoms with Gasteiger partial charge < -0.3 is 26.8 Å². The van der Waals surface area contributed by atoms with Crippen LogP contribution in [0.25, 0.3) is 0 Å². The summed E-state index contributed by atoms with van der Waals surface area (Å²) in [5.41, 5.74) is 6.24. The third-order valence-electron chi connectivity index (χ3n) is 3.88. The van der Waals surface area contributed by atoms with Crippen molar-refractivity contribution in [2.24, 2.45) is 5.73 Å². The number of benzene rings is 1.